The summed E-state index contributed by atoms with van der Waals surface area (Å²) in [4.78, 5) is 16.3. The van der Waals surface area contributed by atoms with Crippen LogP contribution >= 0.6 is 24.8 Å². The molecule has 1 amide bonds. The zero-order valence-electron chi connectivity index (χ0n) is 13.9. The Bertz CT molecular complexity index is 631. The molecule has 0 saturated carbocycles. The maximum Gasteiger partial charge on any atom is 0.273 e. The quantitative estimate of drug-likeness (QED) is 0.788. The van der Waals surface area contributed by atoms with Gasteiger partial charge in [0.25, 0.3) is 5.91 Å². The molecule has 0 aliphatic carbocycles. The standard InChI is InChI=1S/C16H22N6O.2ClH/c23-16(19-9-6-13-4-3-7-17-10-13)15-12-22(21-20-15)11-14-5-1-2-8-18-14;;/h1-2,5,8,12-13,17H,3-4,6-7,9-11H2,(H,19,23);2*1H. The SMILES string of the molecule is Cl.Cl.O=C(NCCC1CCCNC1)c1cn(Cc2ccccn2)nn1. The van der Waals surface area contributed by atoms with E-state index in [1.165, 1.54) is 12.8 Å². The average molecular weight is 387 g/mol. The van der Waals surface area contributed by atoms with Crippen LogP contribution in [0.5, 0.6) is 0 Å². The summed E-state index contributed by atoms with van der Waals surface area (Å²) in [7, 11) is 0. The molecule has 0 radical (unpaired) electrons. The van der Waals surface area contributed by atoms with Crippen molar-refractivity contribution < 1.29 is 4.79 Å². The van der Waals surface area contributed by atoms with Crippen LogP contribution in [0.4, 0.5) is 0 Å². The van der Waals surface area contributed by atoms with Crippen LogP contribution in [0, 0.1) is 5.92 Å². The number of pyridine rings is 1. The highest BCUT2D eigenvalue weighted by atomic mass is 35.5. The van der Waals surface area contributed by atoms with Gasteiger partial charge in [-0.25, -0.2) is 4.68 Å². The topological polar surface area (TPSA) is 84.7 Å². The molecule has 0 spiro atoms. The van der Waals surface area contributed by atoms with E-state index >= 15 is 0 Å². The Morgan fingerprint density at radius 2 is 2.24 bits per heavy atom. The van der Waals surface area contributed by atoms with Gasteiger partial charge in [0, 0.05) is 12.7 Å². The van der Waals surface area contributed by atoms with E-state index in [0.717, 1.165) is 25.2 Å². The summed E-state index contributed by atoms with van der Waals surface area (Å²) < 4.78 is 1.63. The number of aromatic nitrogens is 4. The highest BCUT2D eigenvalue weighted by Crippen LogP contribution is 2.12. The summed E-state index contributed by atoms with van der Waals surface area (Å²) in [6.07, 6.45) is 6.86. The van der Waals surface area contributed by atoms with Gasteiger partial charge in [0.1, 0.15) is 0 Å². The van der Waals surface area contributed by atoms with E-state index in [4.69, 9.17) is 0 Å². The van der Waals surface area contributed by atoms with Crippen molar-refractivity contribution in [3.8, 4) is 0 Å². The van der Waals surface area contributed by atoms with Crippen molar-refractivity contribution in [2.24, 2.45) is 5.92 Å². The zero-order valence-corrected chi connectivity index (χ0v) is 15.6. The van der Waals surface area contributed by atoms with Crippen LogP contribution in [0.2, 0.25) is 0 Å². The molecule has 138 valence electrons. The van der Waals surface area contributed by atoms with Crippen LogP contribution < -0.4 is 10.6 Å². The molecule has 25 heavy (non-hydrogen) atoms. The Hall–Kier alpha value is -1.70. The molecule has 1 aliphatic rings. The summed E-state index contributed by atoms with van der Waals surface area (Å²) in [5, 5.41) is 14.2. The van der Waals surface area contributed by atoms with Crippen molar-refractivity contribution in [3.63, 3.8) is 0 Å². The largest absolute Gasteiger partial charge is 0.351 e. The van der Waals surface area contributed by atoms with E-state index in [0.29, 0.717) is 24.7 Å². The van der Waals surface area contributed by atoms with Crippen LogP contribution in [0.1, 0.15) is 35.4 Å². The van der Waals surface area contributed by atoms with Gasteiger partial charge in [-0.1, -0.05) is 11.3 Å². The van der Waals surface area contributed by atoms with Gasteiger partial charge in [0.2, 0.25) is 0 Å². The number of amides is 1. The molecule has 2 aromatic rings. The number of halogens is 2. The summed E-state index contributed by atoms with van der Waals surface area (Å²) >= 11 is 0. The first-order valence-corrected chi connectivity index (χ1v) is 8.10. The van der Waals surface area contributed by atoms with Gasteiger partial charge in [-0.15, -0.1) is 29.9 Å². The minimum atomic E-state index is -0.166. The zero-order chi connectivity index (χ0) is 15.9. The minimum absolute atomic E-state index is 0. The van der Waals surface area contributed by atoms with Crippen LogP contribution in [0.3, 0.4) is 0 Å². The number of carbonyl (C=O) groups is 1. The molecule has 1 fully saturated rings. The van der Waals surface area contributed by atoms with E-state index in [1.807, 2.05) is 18.2 Å². The Morgan fingerprint density at radius 3 is 2.96 bits per heavy atom. The molecular weight excluding hydrogens is 363 g/mol. The lowest BCUT2D eigenvalue weighted by Crippen LogP contribution is -2.33. The first-order chi connectivity index (χ1) is 11.3. The molecule has 2 N–H and O–H groups in total. The molecular formula is C16H24Cl2N6O. The van der Waals surface area contributed by atoms with Gasteiger partial charge < -0.3 is 10.6 Å². The van der Waals surface area contributed by atoms with Crippen molar-refractivity contribution in [2.45, 2.75) is 25.8 Å². The number of nitrogens with one attached hydrogen (secondary N) is 2. The van der Waals surface area contributed by atoms with Gasteiger partial charge in [-0.2, -0.15) is 0 Å². The Kier molecular flexibility index (Phi) is 9.41. The molecule has 1 atom stereocenters. The molecule has 3 heterocycles. The first-order valence-electron chi connectivity index (χ1n) is 8.10. The number of nitrogens with zero attached hydrogens (tertiary/aromatic N) is 4. The maximum absolute atomic E-state index is 12.1. The Labute approximate surface area is 159 Å². The van der Waals surface area contributed by atoms with E-state index in [1.54, 1.807) is 17.1 Å². The lowest BCUT2D eigenvalue weighted by atomic mass is 9.96. The van der Waals surface area contributed by atoms with Crippen molar-refractivity contribution >= 4 is 30.7 Å². The van der Waals surface area contributed by atoms with E-state index < -0.39 is 0 Å². The highest BCUT2D eigenvalue weighted by molar-refractivity contribution is 5.91. The van der Waals surface area contributed by atoms with Gasteiger partial charge >= 0.3 is 0 Å². The van der Waals surface area contributed by atoms with Gasteiger partial charge in [-0.05, 0) is 50.4 Å². The summed E-state index contributed by atoms with van der Waals surface area (Å²) in [6.45, 7) is 3.35. The highest BCUT2D eigenvalue weighted by Gasteiger charge is 2.14. The third kappa shape index (κ3) is 6.61. The number of hydrogen-bond donors (Lipinski definition) is 2. The lowest BCUT2D eigenvalue weighted by molar-refractivity contribution is 0.0945. The normalized spacial score (nSPS) is 16.4. The number of hydrogen-bond acceptors (Lipinski definition) is 5. The molecule has 9 heteroatoms. The van der Waals surface area contributed by atoms with E-state index in [2.05, 4.69) is 25.9 Å². The smallest absolute Gasteiger partial charge is 0.273 e. The van der Waals surface area contributed by atoms with E-state index in [-0.39, 0.29) is 30.7 Å². The van der Waals surface area contributed by atoms with Gasteiger partial charge in [-0.3, -0.25) is 9.78 Å². The van der Waals surface area contributed by atoms with Crippen LogP contribution in [0.15, 0.2) is 30.6 Å². The third-order valence-electron chi connectivity index (χ3n) is 4.06. The summed E-state index contributed by atoms with van der Waals surface area (Å²) in [6, 6.07) is 5.71. The second-order valence-corrected chi connectivity index (χ2v) is 5.88. The fraction of sp³-hybridized carbons (Fsp3) is 0.500. The van der Waals surface area contributed by atoms with Crippen LogP contribution in [0.25, 0.3) is 0 Å². The third-order valence-corrected chi connectivity index (χ3v) is 4.06. The number of carbonyl (C=O) groups excluding carboxylic acids is 1. The fourth-order valence-corrected chi connectivity index (χ4v) is 2.79. The van der Waals surface area contributed by atoms with E-state index in [9.17, 15) is 4.79 Å². The predicted octanol–water partition coefficient (Wildman–Crippen LogP) is 1.68. The molecule has 0 bridgehead atoms. The summed E-state index contributed by atoms with van der Waals surface area (Å²) in [5.74, 6) is 0.491. The Morgan fingerprint density at radius 1 is 1.36 bits per heavy atom. The average Bonchev–Trinajstić information content (AvgIpc) is 3.05. The van der Waals surface area contributed by atoms with Crippen molar-refractivity contribution in [1.82, 2.24) is 30.6 Å². The monoisotopic (exact) mass is 386 g/mol. The Balaban J connectivity index is 0.00000156. The second-order valence-electron chi connectivity index (χ2n) is 5.88. The number of piperidine rings is 1. The molecule has 1 unspecified atom stereocenters. The first kappa shape index (κ1) is 21.3. The predicted molar refractivity (Wildman–Crippen MR) is 100 cm³/mol. The molecule has 2 aromatic heterocycles. The molecule has 1 aliphatic heterocycles. The molecule has 7 nitrogen and oxygen atoms in total. The van der Waals surface area contributed by atoms with Gasteiger partial charge in [0.05, 0.1) is 18.4 Å². The van der Waals surface area contributed by atoms with Crippen molar-refractivity contribution in [1.29, 1.82) is 0 Å². The minimum Gasteiger partial charge on any atom is -0.351 e. The lowest BCUT2D eigenvalue weighted by Gasteiger charge is -2.22. The molecule has 1 saturated heterocycles. The second kappa shape index (κ2) is 11.0. The maximum atomic E-state index is 12.1. The fourth-order valence-electron chi connectivity index (χ4n) is 2.79. The van der Waals surface area contributed by atoms with Crippen molar-refractivity contribution in [3.05, 3.63) is 42.0 Å². The molecule has 0 aromatic carbocycles. The van der Waals surface area contributed by atoms with Gasteiger partial charge in [0.15, 0.2) is 5.69 Å². The van der Waals surface area contributed by atoms with Crippen LogP contribution in [-0.4, -0.2) is 45.5 Å². The molecule has 3 rings (SSSR count). The number of rotatable bonds is 6. The van der Waals surface area contributed by atoms with Crippen molar-refractivity contribution in [2.75, 3.05) is 19.6 Å². The summed E-state index contributed by atoms with van der Waals surface area (Å²) in [5.41, 5.74) is 1.23. The van der Waals surface area contributed by atoms with Crippen LogP contribution in [-0.2, 0) is 6.54 Å².